The average molecular weight is 535 g/mol. The Kier molecular flexibility index (Phi) is 10.2. The number of fused-ring (bicyclic) bond motifs is 1. The van der Waals surface area contributed by atoms with Crippen molar-refractivity contribution in [3.05, 3.63) is 71.2 Å². The summed E-state index contributed by atoms with van der Waals surface area (Å²) in [5.74, 6) is 0.673. The van der Waals surface area contributed by atoms with Gasteiger partial charge in [-0.15, -0.1) is 0 Å². The predicted molar refractivity (Wildman–Crippen MR) is 158 cm³/mol. The molecule has 0 spiro atoms. The first-order valence-corrected chi connectivity index (χ1v) is 14.3. The van der Waals surface area contributed by atoms with E-state index in [1.807, 2.05) is 29.2 Å². The molecule has 1 amide bonds. The second-order valence-corrected chi connectivity index (χ2v) is 10.3. The molecule has 1 fully saturated rings. The van der Waals surface area contributed by atoms with Crippen LogP contribution in [0, 0.1) is 12.7 Å². The van der Waals surface area contributed by atoms with Gasteiger partial charge in [0.15, 0.2) is 0 Å². The van der Waals surface area contributed by atoms with E-state index in [2.05, 4.69) is 47.3 Å². The number of hydrogen-bond donors (Lipinski definition) is 0. The second kappa shape index (κ2) is 13.8. The molecule has 1 saturated heterocycles. The van der Waals surface area contributed by atoms with Gasteiger partial charge in [0.05, 0.1) is 7.11 Å². The van der Waals surface area contributed by atoms with Crippen LogP contribution in [0.4, 0.5) is 4.39 Å². The van der Waals surface area contributed by atoms with Crippen molar-refractivity contribution in [3.8, 4) is 5.75 Å². The van der Waals surface area contributed by atoms with Crippen LogP contribution in [-0.4, -0.2) is 84.6 Å². The van der Waals surface area contributed by atoms with E-state index in [4.69, 9.17) is 4.74 Å². The van der Waals surface area contributed by atoms with Gasteiger partial charge in [0, 0.05) is 67.5 Å². The van der Waals surface area contributed by atoms with E-state index >= 15 is 0 Å². The number of rotatable bonds is 12. The molecule has 6 nitrogen and oxygen atoms in total. The molecule has 0 saturated carbocycles. The number of benzene rings is 2. The highest BCUT2D eigenvalue weighted by atomic mass is 19.1. The normalized spacial score (nSPS) is 14.7. The van der Waals surface area contributed by atoms with E-state index in [9.17, 15) is 9.18 Å². The van der Waals surface area contributed by atoms with Crippen molar-refractivity contribution >= 4 is 22.9 Å². The maximum atomic E-state index is 13.1. The first-order valence-electron chi connectivity index (χ1n) is 14.3. The summed E-state index contributed by atoms with van der Waals surface area (Å²) in [5.41, 5.74) is 4.57. The molecule has 0 atom stereocenters. The number of hydrogen-bond acceptors (Lipinski definition) is 4. The summed E-state index contributed by atoms with van der Waals surface area (Å²) in [5, 5.41) is 1.12. The standard InChI is InChI=1S/C32H43FN4O2/c1-5-34(6-2)17-7-18-37-25(3)29(30-24-28(39-4)12-14-31(30)37)13-15-32(38)36-22-20-35(21-23-36)19-16-26-8-10-27(33)11-9-26/h8-15,24H,5-7,16-23H2,1-4H3. The minimum atomic E-state index is -0.201. The van der Waals surface area contributed by atoms with Gasteiger partial charge in [-0.3, -0.25) is 9.69 Å². The molecule has 210 valence electrons. The van der Waals surface area contributed by atoms with E-state index in [0.717, 1.165) is 80.9 Å². The molecule has 1 aliphatic heterocycles. The lowest BCUT2D eigenvalue weighted by atomic mass is 10.1. The van der Waals surface area contributed by atoms with Crippen LogP contribution < -0.4 is 4.74 Å². The van der Waals surface area contributed by atoms with Crippen LogP contribution in [0.25, 0.3) is 17.0 Å². The van der Waals surface area contributed by atoms with Crippen LogP contribution in [0.15, 0.2) is 48.5 Å². The molecule has 1 aliphatic rings. The predicted octanol–water partition coefficient (Wildman–Crippen LogP) is 5.23. The van der Waals surface area contributed by atoms with Crippen molar-refractivity contribution in [2.45, 2.75) is 40.2 Å². The van der Waals surface area contributed by atoms with Gasteiger partial charge >= 0.3 is 0 Å². The smallest absolute Gasteiger partial charge is 0.246 e. The third-order valence-electron chi connectivity index (χ3n) is 8.04. The Hall–Kier alpha value is -3.16. The summed E-state index contributed by atoms with van der Waals surface area (Å²) in [4.78, 5) is 19.9. The monoisotopic (exact) mass is 534 g/mol. The summed E-state index contributed by atoms with van der Waals surface area (Å²) >= 11 is 0. The van der Waals surface area contributed by atoms with Gasteiger partial charge < -0.3 is 19.1 Å². The molecule has 3 aromatic rings. The van der Waals surface area contributed by atoms with Crippen molar-refractivity contribution in [2.24, 2.45) is 0 Å². The molecule has 1 aromatic heterocycles. The largest absolute Gasteiger partial charge is 0.497 e. The van der Waals surface area contributed by atoms with Crippen molar-refractivity contribution in [2.75, 3.05) is 59.5 Å². The van der Waals surface area contributed by atoms with Crippen molar-refractivity contribution in [1.82, 2.24) is 19.3 Å². The maximum Gasteiger partial charge on any atom is 0.246 e. The van der Waals surface area contributed by atoms with Crippen LogP contribution in [0.5, 0.6) is 5.75 Å². The maximum absolute atomic E-state index is 13.1. The van der Waals surface area contributed by atoms with Crippen molar-refractivity contribution in [3.63, 3.8) is 0 Å². The number of aryl methyl sites for hydroxylation is 1. The van der Waals surface area contributed by atoms with Gasteiger partial charge in [-0.25, -0.2) is 4.39 Å². The fourth-order valence-electron chi connectivity index (χ4n) is 5.50. The van der Waals surface area contributed by atoms with Gasteiger partial charge in [-0.1, -0.05) is 26.0 Å². The lowest BCUT2D eigenvalue weighted by molar-refractivity contribution is -0.127. The van der Waals surface area contributed by atoms with E-state index < -0.39 is 0 Å². The van der Waals surface area contributed by atoms with E-state index in [-0.39, 0.29) is 11.7 Å². The van der Waals surface area contributed by atoms with Crippen LogP contribution in [0.2, 0.25) is 0 Å². The third kappa shape index (κ3) is 7.28. The van der Waals surface area contributed by atoms with Gasteiger partial charge in [-0.05, 0) is 81.4 Å². The van der Waals surface area contributed by atoms with Crippen molar-refractivity contribution in [1.29, 1.82) is 0 Å². The van der Waals surface area contributed by atoms with Crippen LogP contribution >= 0.6 is 0 Å². The SMILES string of the molecule is CCN(CC)CCCn1c(C)c(C=CC(=O)N2CCN(CCc3ccc(F)cc3)CC2)c2cc(OC)ccc21. The first-order chi connectivity index (χ1) is 18.9. The highest BCUT2D eigenvalue weighted by molar-refractivity contribution is 5.98. The molecular formula is C32H43FN4O2. The number of piperazine rings is 1. The topological polar surface area (TPSA) is 41.0 Å². The molecule has 7 heteroatoms. The zero-order valence-electron chi connectivity index (χ0n) is 24.0. The van der Waals surface area contributed by atoms with Gasteiger partial charge in [0.25, 0.3) is 0 Å². The fraction of sp³-hybridized carbons (Fsp3) is 0.469. The number of ether oxygens (including phenoxy) is 1. The molecule has 0 aliphatic carbocycles. The molecule has 4 rings (SSSR count). The van der Waals surface area contributed by atoms with Gasteiger partial charge in [0.2, 0.25) is 5.91 Å². The molecule has 2 aromatic carbocycles. The van der Waals surface area contributed by atoms with E-state index in [1.54, 1.807) is 13.2 Å². The third-order valence-corrected chi connectivity index (χ3v) is 8.04. The zero-order valence-corrected chi connectivity index (χ0v) is 24.0. The summed E-state index contributed by atoms with van der Waals surface area (Å²) in [6.07, 6.45) is 5.68. The Labute approximate surface area is 232 Å². The number of carbonyl (C=O) groups is 1. The summed E-state index contributed by atoms with van der Waals surface area (Å²) in [6.45, 7) is 14.8. The molecule has 0 unspecified atom stereocenters. The minimum absolute atomic E-state index is 0.0536. The van der Waals surface area contributed by atoms with Gasteiger partial charge in [0.1, 0.15) is 11.6 Å². The number of halogens is 1. The highest BCUT2D eigenvalue weighted by Crippen LogP contribution is 2.31. The number of nitrogens with zero attached hydrogens (tertiary/aromatic N) is 4. The summed E-state index contributed by atoms with van der Waals surface area (Å²) in [6, 6.07) is 12.9. The Bertz CT molecular complexity index is 1260. The lowest BCUT2D eigenvalue weighted by Gasteiger charge is -2.34. The van der Waals surface area contributed by atoms with E-state index in [1.165, 1.54) is 23.3 Å². The first kappa shape index (κ1) is 28.8. The number of methoxy groups -OCH3 is 1. The number of aromatic nitrogens is 1. The Morgan fingerprint density at radius 1 is 1.03 bits per heavy atom. The van der Waals surface area contributed by atoms with Crippen LogP contribution in [-0.2, 0) is 17.8 Å². The fourth-order valence-corrected chi connectivity index (χ4v) is 5.50. The number of carbonyl (C=O) groups excluding carboxylic acids is 1. The molecule has 0 radical (unpaired) electrons. The average Bonchev–Trinajstić information content (AvgIpc) is 3.23. The quantitative estimate of drug-likeness (QED) is 0.299. The van der Waals surface area contributed by atoms with Crippen LogP contribution in [0.3, 0.4) is 0 Å². The summed E-state index contributed by atoms with van der Waals surface area (Å²) in [7, 11) is 1.69. The summed E-state index contributed by atoms with van der Waals surface area (Å²) < 4.78 is 21.0. The van der Waals surface area contributed by atoms with Gasteiger partial charge in [-0.2, -0.15) is 0 Å². The highest BCUT2D eigenvalue weighted by Gasteiger charge is 2.20. The Morgan fingerprint density at radius 3 is 2.41 bits per heavy atom. The zero-order chi connectivity index (χ0) is 27.8. The second-order valence-electron chi connectivity index (χ2n) is 10.3. The number of amides is 1. The minimum Gasteiger partial charge on any atom is -0.497 e. The van der Waals surface area contributed by atoms with E-state index in [0.29, 0.717) is 13.1 Å². The molecule has 2 heterocycles. The van der Waals surface area contributed by atoms with Crippen molar-refractivity contribution < 1.29 is 13.9 Å². The Morgan fingerprint density at radius 2 is 1.74 bits per heavy atom. The molecular weight excluding hydrogens is 491 g/mol. The Balaban J connectivity index is 1.40. The molecule has 0 N–H and O–H groups in total. The molecule has 39 heavy (non-hydrogen) atoms. The lowest BCUT2D eigenvalue weighted by Crippen LogP contribution is -2.48. The van der Waals surface area contributed by atoms with Crippen LogP contribution in [0.1, 0.15) is 37.1 Å². The molecule has 0 bridgehead atoms.